The van der Waals surface area contributed by atoms with Gasteiger partial charge in [0.1, 0.15) is 0 Å². The van der Waals surface area contributed by atoms with Gasteiger partial charge in [-0.25, -0.2) is 0 Å². The minimum Gasteiger partial charge on any atom is -0.370 e. The highest BCUT2D eigenvalue weighted by Gasteiger charge is 2.39. The molecule has 0 spiro atoms. The zero-order chi connectivity index (χ0) is 11.6. The summed E-state index contributed by atoms with van der Waals surface area (Å²) in [6.07, 6.45) is 0.306. The Labute approximate surface area is 90.2 Å². The molecule has 2 N–H and O–H groups in total. The zero-order valence-electron chi connectivity index (χ0n) is 9.62. The molecule has 1 rings (SSSR count). The van der Waals surface area contributed by atoms with Gasteiger partial charge in [0.2, 0.25) is 11.8 Å². The Morgan fingerprint density at radius 1 is 1.47 bits per heavy atom. The summed E-state index contributed by atoms with van der Waals surface area (Å²) in [7, 11) is 1.80. The average Bonchev–Trinajstić information content (AvgIpc) is 2.13. The van der Waals surface area contributed by atoms with E-state index in [1.165, 1.54) is 0 Å². The minimum absolute atomic E-state index is 0.0956. The van der Waals surface area contributed by atoms with Crippen LogP contribution < -0.4 is 5.73 Å². The third-order valence-electron chi connectivity index (χ3n) is 2.99. The van der Waals surface area contributed by atoms with E-state index < -0.39 is 5.54 Å². The lowest BCUT2D eigenvalue weighted by Gasteiger charge is -2.44. The molecule has 0 atom stereocenters. The molecule has 1 fully saturated rings. The van der Waals surface area contributed by atoms with Crippen molar-refractivity contribution in [2.45, 2.75) is 25.8 Å². The van der Waals surface area contributed by atoms with Gasteiger partial charge in [0.15, 0.2) is 0 Å². The van der Waals surface area contributed by atoms with Gasteiger partial charge in [-0.15, -0.1) is 0 Å². The number of rotatable bonds is 3. The van der Waals surface area contributed by atoms with Gasteiger partial charge in [0, 0.05) is 33.1 Å². The molecule has 1 aliphatic heterocycles. The lowest BCUT2D eigenvalue weighted by Crippen LogP contribution is -2.62. The maximum atomic E-state index is 11.9. The van der Waals surface area contributed by atoms with Crippen molar-refractivity contribution >= 4 is 11.8 Å². The molecule has 1 aliphatic rings. The van der Waals surface area contributed by atoms with Crippen molar-refractivity contribution in [3.8, 4) is 0 Å². The average molecular weight is 213 g/mol. The highest BCUT2D eigenvalue weighted by molar-refractivity contribution is 5.86. The van der Waals surface area contributed by atoms with E-state index in [1.807, 2.05) is 18.7 Å². The number of hydrogen-bond acceptors (Lipinski definition) is 3. The molecule has 1 saturated heterocycles. The van der Waals surface area contributed by atoms with Crippen molar-refractivity contribution in [2.75, 3.05) is 26.7 Å². The summed E-state index contributed by atoms with van der Waals surface area (Å²) in [4.78, 5) is 26.3. The molecule has 2 amide bonds. The fourth-order valence-corrected chi connectivity index (χ4v) is 1.89. The largest absolute Gasteiger partial charge is 0.370 e. The van der Waals surface area contributed by atoms with E-state index in [0.29, 0.717) is 19.5 Å². The Kier molecular flexibility index (Phi) is 3.34. The van der Waals surface area contributed by atoms with Gasteiger partial charge in [-0.3, -0.25) is 14.5 Å². The van der Waals surface area contributed by atoms with Gasteiger partial charge < -0.3 is 10.6 Å². The maximum Gasteiger partial charge on any atom is 0.242 e. The van der Waals surface area contributed by atoms with Crippen LogP contribution in [0.2, 0.25) is 0 Å². The first-order chi connectivity index (χ1) is 6.85. The first-order valence-electron chi connectivity index (χ1n) is 5.14. The molecule has 0 aromatic carbocycles. The Morgan fingerprint density at radius 3 is 2.60 bits per heavy atom. The highest BCUT2D eigenvalue weighted by Crippen LogP contribution is 2.21. The van der Waals surface area contributed by atoms with E-state index >= 15 is 0 Å². The molecular weight excluding hydrogens is 194 g/mol. The number of amides is 2. The van der Waals surface area contributed by atoms with Crippen LogP contribution in [-0.2, 0) is 9.59 Å². The van der Waals surface area contributed by atoms with Crippen LogP contribution in [-0.4, -0.2) is 53.8 Å². The van der Waals surface area contributed by atoms with E-state index in [9.17, 15) is 9.59 Å². The Morgan fingerprint density at radius 2 is 2.07 bits per heavy atom. The molecule has 0 radical (unpaired) electrons. The molecular formula is C10H19N3O2. The number of carbonyl (C=O) groups is 2. The normalized spacial score (nSPS) is 21.8. The molecule has 5 nitrogen and oxygen atoms in total. The lowest BCUT2D eigenvalue weighted by atomic mass is 9.97. The van der Waals surface area contributed by atoms with Crippen LogP contribution in [0.5, 0.6) is 0 Å². The van der Waals surface area contributed by atoms with Gasteiger partial charge in [-0.05, 0) is 13.8 Å². The van der Waals surface area contributed by atoms with Gasteiger partial charge in [-0.2, -0.15) is 0 Å². The topological polar surface area (TPSA) is 66.6 Å². The summed E-state index contributed by atoms with van der Waals surface area (Å²) < 4.78 is 0. The van der Waals surface area contributed by atoms with Crippen molar-refractivity contribution < 1.29 is 9.59 Å². The number of nitrogens with zero attached hydrogens (tertiary/aromatic N) is 2. The second-order valence-corrected chi connectivity index (χ2v) is 4.49. The third-order valence-corrected chi connectivity index (χ3v) is 2.99. The number of likely N-dealkylation sites (N-methyl/N-ethyl adjacent to an activating group) is 1. The lowest BCUT2D eigenvalue weighted by molar-refractivity contribution is -0.147. The second kappa shape index (κ2) is 4.18. The minimum atomic E-state index is -0.525. The van der Waals surface area contributed by atoms with E-state index in [0.717, 1.165) is 6.54 Å². The number of carbonyl (C=O) groups excluding carboxylic acids is 2. The van der Waals surface area contributed by atoms with Gasteiger partial charge >= 0.3 is 0 Å². The SMILES string of the molecule is CN1CCN(CCC(N)=O)C(C)(C)C1=O. The second-order valence-electron chi connectivity index (χ2n) is 4.49. The number of piperazine rings is 1. The highest BCUT2D eigenvalue weighted by atomic mass is 16.2. The molecule has 15 heavy (non-hydrogen) atoms. The predicted molar refractivity (Wildman–Crippen MR) is 57.1 cm³/mol. The molecule has 1 heterocycles. The van der Waals surface area contributed by atoms with E-state index in [-0.39, 0.29) is 11.8 Å². The Hall–Kier alpha value is -1.10. The molecule has 5 heteroatoms. The Balaban J connectivity index is 2.65. The van der Waals surface area contributed by atoms with Crippen LogP contribution >= 0.6 is 0 Å². The van der Waals surface area contributed by atoms with E-state index in [4.69, 9.17) is 5.73 Å². The molecule has 0 saturated carbocycles. The standard InChI is InChI=1S/C10H19N3O2/c1-10(2)9(15)12(3)6-7-13(10)5-4-8(11)14/h4-7H2,1-3H3,(H2,11,14). The predicted octanol–water partition coefficient (Wildman–Crippen LogP) is -0.586. The summed E-state index contributed by atoms with van der Waals surface area (Å²) >= 11 is 0. The van der Waals surface area contributed by atoms with Gasteiger partial charge in [0.05, 0.1) is 5.54 Å². The van der Waals surface area contributed by atoms with Crippen LogP contribution in [0.15, 0.2) is 0 Å². The molecule has 0 unspecified atom stereocenters. The third kappa shape index (κ3) is 2.47. The summed E-state index contributed by atoms with van der Waals surface area (Å²) in [5, 5.41) is 0. The number of hydrogen-bond donors (Lipinski definition) is 1. The van der Waals surface area contributed by atoms with Crippen LogP contribution in [0.25, 0.3) is 0 Å². The molecule has 86 valence electrons. The van der Waals surface area contributed by atoms with E-state index in [1.54, 1.807) is 11.9 Å². The van der Waals surface area contributed by atoms with Crippen LogP contribution in [0, 0.1) is 0 Å². The monoisotopic (exact) mass is 213 g/mol. The van der Waals surface area contributed by atoms with E-state index in [2.05, 4.69) is 0 Å². The molecule has 0 aliphatic carbocycles. The summed E-state index contributed by atoms with van der Waals surface area (Å²) in [6, 6.07) is 0. The molecule has 0 aromatic heterocycles. The van der Waals surface area contributed by atoms with Crippen molar-refractivity contribution in [3.63, 3.8) is 0 Å². The van der Waals surface area contributed by atoms with Crippen molar-refractivity contribution in [1.82, 2.24) is 9.80 Å². The number of primary amides is 1. The van der Waals surface area contributed by atoms with Crippen molar-refractivity contribution in [3.05, 3.63) is 0 Å². The van der Waals surface area contributed by atoms with Crippen LogP contribution in [0.3, 0.4) is 0 Å². The van der Waals surface area contributed by atoms with Crippen LogP contribution in [0.4, 0.5) is 0 Å². The first-order valence-corrected chi connectivity index (χ1v) is 5.14. The smallest absolute Gasteiger partial charge is 0.242 e. The summed E-state index contributed by atoms with van der Waals surface area (Å²) in [5.74, 6) is -0.226. The van der Waals surface area contributed by atoms with Crippen molar-refractivity contribution in [1.29, 1.82) is 0 Å². The first kappa shape index (κ1) is 12.0. The zero-order valence-corrected chi connectivity index (χ0v) is 9.62. The fourth-order valence-electron chi connectivity index (χ4n) is 1.89. The van der Waals surface area contributed by atoms with Crippen molar-refractivity contribution in [2.24, 2.45) is 5.73 Å². The fraction of sp³-hybridized carbons (Fsp3) is 0.800. The van der Waals surface area contributed by atoms with Gasteiger partial charge in [0.25, 0.3) is 0 Å². The molecule has 0 bridgehead atoms. The quantitative estimate of drug-likeness (QED) is 0.681. The maximum absolute atomic E-state index is 11.9. The number of nitrogens with two attached hydrogens (primary N) is 1. The van der Waals surface area contributed by atoms with Crippen LogP contribution in [0.1, 0.15) is 20.3 Å². The molecule has 0 aromatic rings. The Bertz CT molecular complexity index is 276. The summed E-state index contributed by atoms with van der Waals surface area (Å²) in [5.41, 5.74) is 4.57. The van der Waals surface area contributed by atoms with Gasteiger partial charge in [-0.1, -0.05) is 0 Å². The summed E-state index contributed by atoms with van der Waals surface area (Å²) in [6.45, 7) is 5.82.